The van der Waals surface area contributed by atoms with Crippen molar-refractivity contribution in [2.24, 2.45) is 0 Å². The molecule has 2 aromatic carbocycles. The zero-order chi connectivity index (χ0) is 17.9. The third kappa shape index (κ3) is 3.51. The molecule has 26 heavy (non-hydrogen) atoms. The molecular formula is C21H18FN3O. The summed E-state index contributed by atoms with van der Waals surface area (Å²) in [4.78, 5) is 17.1. The quantitative estimate of drug-likeness (QED) is 0.725. The minimum Gasteiger partial charge on any atom is -0.312 e. The Morgan fingerprint density at radius 2 is 2.04 bits per heavy atom. The lowest BCUT2D eigenvalue weighted by molar-refractivity contribution is 0.497. The zero-order valence-electron chi connectivity index (χ0n) is 14.2. The molecule has 0 radical (unpaired) electrons. The Hall–Kier alpha value is -2.97. The van der Waals surface area contributed by atoms with Crippen LogP contribution in [-0.4, -0.2) is 22.1 Å². The molecule has 0 saturated carbocycles. The van der Waals surface area contributed by atoms with Gasteiger partial charge in [0.15, 0.2) is 0 Å². The van der Waals surface area contributed by atoms with Gasteiger partial charge in [-0.3, -0.25) is 9.36 Å². The van der Waals surface area contributed by atoms with Crippen molar-refractivity contribution in [1.82, 2.24) is 14.9 Å². The van der Waals surface area contributed by atoms with Crippen molar-refractivity contribution in [3.63, 3.8) is 0 Å². The maximum absolute atomic E-state index is 13.2. The van der Waals surface area contributed by atoms with Crippen LogP contribution in [0.15, 0.2) is 53.6 Å². The van der Waals surface area contributed by atoms with E-state index in [4.69, 9.17) is 0 Å². The van der Waals surface area contributed by atoms with Crippen LogP contribution in [0.5, 0.6) is 0 Å². The van der Waals surface area contributed by atoms with E-state index >= 15 is 0 Å². The van der Waals surface area contributed by atoms with Gasteiger partial charge >= 0.3 is 0 Å². The fraction of sp³-hybridized carbons (Fsp3) is 0.238. The van der Waals surface area contributed by atoms with Crippen molar-refractivity contribution in [3.8, 4) is 11.8 Å². The first-order valence-corrected chi connectivity index (χ1v) is 8.69. The molecule has 3 aromatic rings. The van der Waals surface area contributed by atoms with E-state index in [9.17, 15) is 9.18 Å². The first kappa shape index (κ1) is 16.5. The van der Waals surface area contributed by atoms with Crippen molar-refractivity contribution < 1.29 is 4.39 Å². The molecule has 1 aliphatic heterocycles. The van der Waals surface area contributed by atoms with E-state index in [1.54, 1.807) is 41.2 Å². The Kier molecular flexibility index (Phi) is 4.51. The second-order valence-corrected chi connectivity index (χ2v) is 6.49. The van der Waals surface area contributed by atoms with Crippen LogP contribution in [0.25, 0.3) is 10.9 Å². The molecule has 4 nitrogen and oxygen atoms in total. The van der Waals surface area contributed by atoms with Gasteiger partial charge in [-0.1, -0.05) is 17.9 Å². The predicted molar refractivity (Wildman–Crippen MR) is 99.4 cm³/mol. The van der Waals surface area contributed by atoms with E-state index in [1.807, 2.05) is 0 Å². The monoisotopic (exact) mass is 347 g/mol. The second kappa shape index (κ2) is 7.11. The molecule has 1 N–H and O–H groups in total. The molecular weight excluding hydrogens is 329 g/mol. The maximum atomic E-state index is 13.2. The van der Waals surface area contributed by atoms with Gasteiger partial charge in [0.25, 0.3) is 5.56 Å². The summed E-state index contributed by atoms with van der Waals surface area (Å²) in [6, 6.07) is 11.9. The van der Waals surface area contributed by atoms with Gasteiger partial charge in [0.1, 0.15) is 5.82 Å². The van der Waals surface area contributed by atoms with Crippen LogP contribution >= 0.6 is 0 Å². The summed E-state index contributed by atoms with van der Waals surface area (Å²) in [5, 5.41) is 3.98. The molecule has 0 aliphatic carbocycles. The number of fused-ring (bicyclic) bond motifs is 1. The molecule has 1 saturated heterocycles. The van der Waals surface area contributed by atoms with Gasteiger partial charge in [0.2, 0.25) is 0 Å². The van der Waals surface area contributed by atoms with Crippen molar-refractivity contribution in [1.29, 1.82) is 0 Å². The van der Waals surface area contributed by atoms with E-state index in [-0.39, 0.29) is 11.4 Å². The molecule has 0 amide bonds. The normalized spacial score (nSPS) is 16.4. The smallest absolute Gasteiger partial charge is 0.261 e. The van der Waals surface area contributed by atoms with Crippen molar-refractivity contribution in [3.05, 3.63) is 76.1 Å². The van der Waals surface area contributed by atoms with Gasteiger partial charge in [-0.25, -0.2) is 9.37 Å². The van der Waals surface area contributed by atoms with Gasteiger partial charge in [-0.15, -0.1) is 0 Å². The SMILES string of the molecule is O=c1c2ccc(C#Cc3cccc(F)c3)cc2ncn1CC1CCCN1. The van der Waals surface area contributed by atoms with E-state index in [2.05, 4.69) is 22.1 Å². The third-order valence-corrected chi connectivity index (χ3v) is 4.58. The van der Waals surface area contributed by atoms with Gasteiger partial charge in [0.05, 0.1) is 17.2 Å². The van der Waals surface area contributed by atoms with Crippen molar-refractivity contribution >= 4 is 10.9 Å². The number of hydrogen-bond donors (Lipinski definition) is 1. The van der Waals surface area contributed by atoms with Crippen LogP contribution in [0.4, 0.5) is 4.39 Å². The minimum atomic E-state index is -0.311. The largest absolute Gasteiger partial charge is 0.312 e. The summed E-state index contributed by atoms with van der Waals surface area (Å²) in [6.07, 6.45) is 3.83. The molecule has 0 spiro atoms. The summed E-state index contributed by atoms with van der Waals surface area (Å²) in [5.74, 6) is 5.62. The Bertz CT molecular complexity index is 1070. The zero-order valence-corrected chi connectivity index (χ0v) is 14.2. The van der Waals surface area contributed by atoms with Gasteiger partial charge in [-0.2, -0.15) is 0 Å². The number of hydrogen-bond acceptors (Lipinski definition) is 3. The van der Waals surface area contributed by atoms with E-state index in [0.29, 0.717) is 29.1 Å². The van der Waals surface area contributed by atoms with Crippen LogP contribution in [0.3, 0.4) is 0 Å². The molecule has 1 atom stereocenters. The Balaban J connectivity index is 1.63. The Labute approximate surface area is 150 Å². The summed E-state index contributed by atoms with van der Waals surface area (Å²) < 4.78 is 14.9. The summed E-state index contributed by atoms with van der Waals surface area (Å²) in [5.41, 5.74) is 1.94. The molecule has 1 unspecified atom stereocenters. The van der Waals surface area contributed by atoms with Gasteiger partial charge in [0, 0.05) is 23.7 Å². The molecule has 1 aliphatic rings. The Morgan fingerprint density at radius 1 is 1.19 bits per heavy atom. The average molecular weight is 347 g/mol. The summed E-state index contributed by atoms with van der Waals surface area (Å²) in [7, 11) is 0. The van der Waals surface area contributed by atoms with Crippen molar-refractivity contribution in [2.45, 2.75) is 25.4 Å². The Morgan fingerprint density at radius 3 is 2.81 bits per heavy atom. The van der Waals surface area contributed by atoms with Crippen molar-refractivity contribution in [2.75, 3.05) is 6.54 Å². The highest BCUT2D eigenvalue weighted by molar-refractivity contribution is 5.79. The lowest BCUT2D eigenvalue weighted by atomic mass is 10.1. The highest BCUT2D eigenvalue weighted by atomic mass is 19.1. The summed E-state index contributed by atoms with van der Waals surface area (Å²) >= 11 is 0. The van der Waals surface area contributed by atoms with Crippen LogP contribution < -0.4 is 10.9 Å². The fourth-order valence-electron chi connectivity index (χ4n) is 3.23. The number of nitrogens with one attached hydrogen (secondary N) is 1. The number of halogens is 1. The maximum Gasteiger partial charge on any atom is 0.261 e. The van der Waals surface area contributed by atoms with Crippen LogP contribution in [0.2, 0.25) is 0 Å². The lowest BCUT2D eigenvalue weighted by Gasteiger charge is -2.12. The molecule has 1 fully saturated rings. The average Bonchev–Trinajstić information content (AvgIpc) is 3.15. The number of benzene rings is 2. The molecule has 2 heterocycles. The van der Waals surface area contributed by atoms with Crippen LogP contribution in [0.1, 0.15) is 24.0 Å². The fourth-order valence-corrected chi connectivity index (χ4v) is 3.23. The number of rotatable bonds is 2. The van der Waals surface area contributed by atoms with Crippen LogP contribution in [-0.2, 0) is 6.54 Å². The second-order valence-electron chi connectivity index (χ2n) is 6.49. The topological polar surface area (TPSA) is 46.9 Å². The van der Waals surface area contributed by atoms with Gasteiger partial charge in [-0.05, 0) is 55.8 Å². The summed E-state index contributed by atoms with van der Waals surface area (Å²) in [6.45, 7) is 1.65. The first-order chi connectivity index (χ1) is 12.7. The van der Waals surface area contributed by atoms with Crippen LogP contribution in [0, 0.1) is 17.7 Å². The number of aromatic nitrogens is 2. The molecule has 0 bridgehead atoms. The highest BCUT2D eigenvalue weighted by Gasteiger charge is 2.15. The standard InChI is InChI=1S/C21H18FN3O/c22-17-4-1-3-15(11-17)6-7-16-8-9-19-20(12-16)24-14-25(21(19)26)13-18-5-2-10-23-18/h1,3-4,8-9,11-12,14,18,23H,2,5,10,13H2. The lowest BCUT2D eigenvalue weighted by Crippen LogP contribution is -2.32. The molecule has 5 heteroatoms. The van der Waals surface area contributed by atoms with E-state index < -0.39 is 0 Å². The minimum absolute atomic E-state index is 0.0339. The van der Waals surface area contributed by atoms with E-state index in [0.717, 1.165) is 24.9 Å². The molecule has 130 valence electrons. The highest BCUT2D eigenvalue weighted by Crippen LogP contribution is 2.11. The first-order valence-electron chi connectivity index (χ1n) is 8.69. The predicted octanol–water partition coefficient (Wildman–Crippen LogP) is 2.69. The molecule has 4 rings (SSSR count). The third-order valence-electron chi connectivity index (χ3n) is 4.58. The number of nitrogens with zero attached hydrogens (tertiary/aromatic N) is 2. The molecule has 1 aromatic heterocycles. The van der Waals surface area contributed by atoms with Gasteiger partial charge < -0.3 is 5.32 Å². The van der Waals surface area contributed by atoms with E-state index in [1.165, 1.54) is 12.1 Å².